The summed E-state index contributed by atoms with van der Waals surface area (Å²) in [5.41, 5.74) is 2.58. The molecule has 1 saturated carbocycles. The molecule has 3 atom stereocenters. The molecule has 19 heavy (non-hydrogen) atoms. The maximum Gasteiger partial charge on any atom is 0.0345 e. The molecule has 0 aromatic heterocycles. The molecule has 2 aliphatic rings. The van der Waals surface area contributed by atoms with Crippen molar-refractivity contribution in [3.8, 4) is 0 Å². The molecule has 3 rings (SSSR count). The fraction of sp³-hybridized carbons (Fsp3) is 0.625. The van der Waals surface area contributed by atoms with Gasteiger partial charge in [-0.25, -0.2) is 0 Å². The third-order valence-corrected chi connectivity index (χ3v) is 5.58. The zero-order valence-electron chi connectivity index (χ0n) is 11.6. The van der Waals surface area contributed by atoms with Crippen molar-refractivity contribution >= 4 is 21.6 Å². The second-order valence-electron chi connectivity index (χ2n) is 6.01. The summed E-state index contributed by atoms with van der Waals surface area (Å²) < 4.78 is 1.19. The Kier molecular flexibility index (Phi) is 4.13. The van der Waals surface area contributed by atoms with Crippen LogP contribution in [0, 0.1) is 12.8 Å². The quantitative estimate of drug-likeness (QED) is 0.875. The number of halogens is 1. The van der Waals surface area contributed by atoms with E-state index in [0.29, 0.717) is 6.04 Å². The number of rotatable bonds is 3. The van der Waals surface area contributed by atoms with Crippen molar-refractivity contribution in [2.45, 2.75) is 51.1 Å². The van der Waals surface area contributed by atoms with Crippen molar-refractivity contribution < 1.29 is 0 Å². The van der Waals surface area contributed by atoms with Gasteiger partial charge in [0.15, 0.2) is 0 Å². The summed E-state index contributed by atoms with van der Waals surface area (Å²) in [5.74, 6) is 0.812. The van der Waals surface area contributed by atoms with Crippen molar-refractivity contribution in [3.05, 3.63) is 28.2 Å². The summed E-state index contributed by atoms with van der Waals surface area (Å²) in [4.78, 5) is 0. The second-order valence-corrected chi connectivity index (χ2v) is 6.87. The predicted molar refractivity (Wildman–Crippen MR) is 84.7 cm³/mol. The first-order chi connectivity index (χ1) is 9.24. The lowest BCUT2D eigenvalue weighted by molar-refractivity contribution is 0.376. The topological polar surface area (TPSA) is 24.1 Å². The third kappa shape index (κ3) is 2.97. The predicted octanol–water partition coefficient (Wildman–Crippen LogP) is 4.09. The molecule has 0 spiro atoms. The van der Waals surface area contributed by atoms with E-state index in [4.69, 9.17) is 0 Å². The van der Waals surface area contributed by atoms with E-state index in [0.717, 1.165) is 12.0 Å². The van der Waals surface area contributed by atoms with E-state index in [1.54, 1.807) is 0 Å². The van der Waals surface area contributed by atoms with E-state index in [1.165, 1.54) is 54.4 Å². The normalized spacial score (nSPS) is 30.7. The van der Waals surface area contributed by atoms with Gasteiger partial charge < -0.3 is 10.6 Å². The van der Waals surface area contributed by atoms with Gasteiger partial charge in [-0.05, 0) is 68.8 Å². The lowest BCUT2D eigenvalue weighted by atomic mass is 9.93. The van der Waals surface area contributed by atoms with E-state index in [1.807, 2.05) is 0 Å². The molecule has 104 valence electrons. The highest BCUT2D eigenvalue weighted by Crippen LogP contribution is 2.34. The minimum atomic E-state index is 0.649. The molecular formula is C16H23BrN2. The van der Waals surface area contributed by atoms with E-state index < -0.39 is 0 Å². The molecule has 1 aromatic rings. The van der Waals surface area contributed by atoms with Crippen LogP contribution in [0.25, 0.3) is 0 Å². The minimum absolute atomic E-state index is 0.649. The standard InChI is InChI=1S/C16H23BrN2/c1-11-10-12(7-8-14(11)17)19-16-5-2-4-13(16)15-6-3-9-18-15/h7-8,10,13,15-16,18-19H,2-6,9H2,1H3. The summed E-state index contributed by atoms with van der Waals surface area (Å²) in [6, 6.07) is 7.98. The van der Waals surface area contributed by atoms with Crippen LogP contribution in [0.4, 0.5) is 5.69 Å². The smallest absolute Gasteiger partial charge is 0.0345 e. The van der Waals surface area contributed by atoms with Crippen molar-refractivity contribution in [3.63, 3.8) is 0 Å². The number of hydrogen-bond acceptors (Lipinski definition) is 2. The van der Waals surface area contributed by atoms with Gasteiger partial charge in [-0.2, -0.15) is 0 Å². The summed E-state index contributed by atoms with van der Waals surface area (Å²) in [6.07, 6.45) is 6.78. The fourth-order valence-corrected chi connectivity index (χ4v) is 3.92. The number of aryl methyl sites for hydroxylation is 1. The van der Waals surface area contributed by atoms with Gasteiger partial charge in [0.1, 0.15) is 0 Å². The van der Waals surface area contributed by atoms with Crippen LogP contribution in [0.2, 0.25) is 0 Å². The molecule has 1 aliphatic carbocycles. The van der Waals surface area contributed by atoms with Gasteiger partial charge in [-0.15, -0.1) is 0 Å². The highest BCUT2D eigenvalue weighted by Gasteiger charge is 2.34. The minimum Gasteiger partial charge on any atom is -0.382 e. The van der Waals surface area contributed by atoms with Crippen LogP contribution in [-0.2, 0) is 0 Å². The van der Waals surface area contributed by atoms with E-state index in [9.17, 15) is 0 Å². The van der Waals surface area contributed by atoms with Crippen LogP contribution in [-0.4, -0.2) is 18.6 Å². The zero-order valence-corrected chi connectivity index (χ0v) is 13.2. The first-order valence-electron chi connectivity index (χ1n) is 7.50. The molecule has 1 aromatic carbocycles. The lowest BCUT2D eigenvalue weighted by Gasteiger charge is -2.27. The Morgan fingerprint density at radius 1 is 1.21 bits per heavy atom. The highest BCUT2D eigenvalue weighted by molar-refractivity contribution is 9.10. The first-order valence-corrected chi connectivity index (χ1v) is 8.29. The van der Waals surface area contributed by atoms with E-state index in [2.05, 4.69) is 51.7 Å². The van der Waals surface area contributed by atoms with Gasteiger partial charge >= 0.3 is 0 Å². The molecule has 2 N–H and O–H groups in total. The summed E-state index contributed by atoms with van der Waals surface area (Å²) in [5, 5.41) is 7.46. The molecule has 3 heteroatoms. The van der Waals surface area contributed by atoms with Gasteiger partial charge in [0.2, 0.25) is 0 Å². The first kappa shape index (κ1) is 13.4. The van der Waals surface area contributed by atoms with E-state index in [-0.39, 0.29) is 0 Å². The van der Waals surface area contributed by atoms with Crippen LogP contribution in [0.1, 0.15) is 37.7 Å². The van der Waals surface area contributed by atoms with Gasteiger partial charge in [0.05, 0.1) is 0 Å². The van der Waals surface area contributed by atoms with Crippen LogP contribution in [0.15, 0.2) is 22.7 Å². The average molecular weight is 323 g/mol. The zero-order chi connectivity index (χ0) is 13.2. The van der Waals surface area contributed by atoms with Gasteiger partial charge in [-0.3, -0.25) is 0 Å². The van der Waals surface area contributed by atoms with Crippen molar-refractivity contribution in [2.75, 3.05) is 11.9 Å². The molecule has 0 amide bonds. The largest absolute Gasteiger partial charge is 0.382 e. The Balaban J connectivity index is 1.69. The molecule has 1 aliphatic heterocycles. The number of benzene rings is 1. The molecule has 2 fully saturated rings. The number of nitrogens with one attached hydrogen (secondary N) is 2. The third-order valence-electron chi connectivity index (χ3n) is 4.69. The molecule has 1 saturated heterocycles. The summed E-state index contributed by atoms with van der Waals surface area (Å²) >= 11 is 3.57. The van der Waals surface area contributed by atoms with Crippen LogP contribution in [0.3, 0.4) is 0 Å². The van der Waals surface area contributed by atoms with Crippen LogP contribution >= 0.6 is 15.9 Å². The number of hydrogen-bond donors (Lipinski definition) is 2. The Morgan fingerprint density at radius 3 is 2.84 bits per heavy atom. The fourth-order valence-electron chi connectivity index (χ4n) is 3.68. The molecular weight excluding hydrogens is 300 g/mol. The van der Waals surface area contributed by atoms with Crippen molar-refractivity contribution in [1.29, 1.82) is 0 Å². The SMILES string of the molecule is Cc1cc(NC2CCCC2C2CCCN2)ccc1Br. The molecule has 1 heterocycles. The highest BCUT2D eigenvalue weighted by atomic mass is 79.9. The second kappa shape index (κ2) is 5.84. The Bertz CT molecular complexity index is 440. The molecule has 0 bridgehead atoms. The summed E-state index contributed by atoms with van der Waals surface area (Å²) in [7, 11) is 0. The monoisotopic (exact) mass is 322 g/mol. The Labute approximate surface area is 124 Å². The van der Waals surface area contributed by atoms with Gasteiger partial charge in [0.25, 0.3) is 0 Å². The van der Waals surface area contributed by atoms with E-state index >= 15 is 0 Å². The maximum absolute atomic E-state index is 3.78. The van der Waals surface area contributed by atoms with Crippen LogP contribution < -0.4 is 10.6 Å². The van der Waals surface area contributed by atoms with Gasteiger partial charge in [0, 0.05) is 22.2 Å². The number of anilines is 1. The maximum atomic E-state index is 3.78. The molecule has 2 nitrogen and oxygen atoms in total. The Morgan fingerprint density at radius 2 is 2.11 bits per heavy atom. The van der Waals surface area contributed by atoms with Crippen LogP contribution in [0.5, 0.6) is 0 Å². The molecule has 3 unspecified atom stereocenters. The summed E-state index contributed by atoms with van der Waals surface area (Å²) in [6.45, 7) is 3.37. The van der Waals surface area contributed by atoms with Gasteiger partial charge in [-0.1, -0.05) is 22.4 Å². The Hall–Kier alpha value is -0.540. The average Bonchev–Trinajstić information content (AvgIpc) is 3.04. The van der Waals surface area contributed by atoms with Crippen molar-refractivity contribution in [2.24, 2.45) is 5.92 Å². The van der Waals surface area contributed by atoms with Crippen molar-refractivity contribution in [1.82, 2.24) is 5.32 Å². The lowest BCUT2D eigenvalue weighted by Crippen LogP contribution is -2.38. The molecule has 0 radical (unpaired) electrons.